The molecule has 0 radical (unpaired) electrons. The fourth-order valence-corrected chi connectivity index (χ4v) is 3.07. The minimum atomic E-state index is 1.04. The molecule has 3 heteroatoms. The second kappa shape index (κ2) is 5.41. The fraction of sp³-hybridized carbons (Fsp3) is 0.471. The lowest BCUT2D eigenvalue weighted by Crippen LogP contribution is -2.44. The summed E-state index contributed by atoms with van der Waals surface area (Å²) in [7, 11) is 0. The summed E-state index contributed by atoms with van der Waals surface area (Å²) in [6, 6.07) is 6.79. The van der Waals surface area contributed by atoms with Crippen molar-refractivity contribution in [2.24, 2.45) is 0 Å². The minimum Gasteiger partial charge on any atom is -0.354 e. The van der Waals surface area contributed by atoms with Crippen molar-refractivity contribution in [1.29, 1.82) is 0 Å². The molecule has 20 heavy (non-hydrogen) atoms. The lowest BCUT2D eigenvalue weighted by molar-refractivity contribution is 0.584. The number of nitrogens with one attached hydrogen (secondary N) is 1. The van der Waals surface area contributed by atoms with Gasteiger partial charge in [0, 0.05) is 31.6 Å². The van der Waals surface area contributed by atoms with Crippen LogP contribution in [0, 0.1) is 13.8 Å². The van der Waals surface area contributed by atoms with E-state index in [0.29, 0.717) is 0 Å². The highest BCUT2D eigenvalue weighted by Gasteiger charge is 2.16. The molecule has 1 aromatic heterocycles. The highest BCUT2D eigenvalue weighted by molar-refractivity contribution is 5.85. The molecule has 2 aromatic rings. The molecule has 0 aliphatic carbocycles. The molecule has 2 heterocycles. The van der Waals surface area contributed by atoms with Crippen LogP contribution in [-0.2, 0) is 6.42 Å². The number of pyridine rings is 1. The smallest absolute Gasteiger partial charge is 0.132 e. The first-order valence-electron chi connectivity index (χ1n) is 7.55. The zero-order chi connectivity index (χ0) is 14.1. The van der Waals surface area contributed by atoms with Crippen LogP contribution >= 0.6 is 0 Å². The Morgan fingerprint density at radius 2 is 1.90 bits per heavy atom. The number of piperazine rings is 1. The van der Waals surface area contributed by atoms with E-state index in [1.165, 1.54) is 27.9 Å². The molecule has 1 aliphatic rings. The Balaban J connectivity index is 2.15. The normalized spacial score (nSPS) is 15.8. The van der Waals surface area contributed by atoms with Crippen molar-refractivity contribution >= 4 is 16.7 Å². The predicted octanol–water partition coefficient (Wildman–Crippen LogP) is 2.82. The van der Waals surface area contributed by atoms with Gasteiger partial charge in [0.15, 0.2) is 0 Å². The van der Waals surface area contributed by atoms with Crippen LogP contribution in [0.2, 0.25) is 0 Å². The molecular formula is C17H23N3. The number of aryl methyl sites for hydroxylation is 3. The summed E-state index contributed by atoms with van der Waals surface area (Å²) in [5, 5.41) is 4.71. The summed E-state index contributed by atoms with van der Waals surface area (Å²) >= 11 is 0. The van der Waals surface area contributed by atoms with E-state index in [0.717, 1.165) is 38.1 Å². The highest BCUT2D eigenvalue weighted by Crippen LogP contribution is 2.27. The number of hydrogen-bond donors (Lipinski definition) is 1. The zero-order valence-corrected chi connectivity index (χ0v) is 12.7. The van der Waals surface area contributed by atoms with E-state index in [1.807, 2.05) is 0 Å². The maximum Gasteiger partial charge on any atom is 0.132 e. The molecule has 0 saturated carbocycles. The Morgan fingerprint density at radius 1 is 1.15 bits per heavy atom. The van der Waals surface area contributed by atoms with Crippen LogP contribution in [0.5, 0.6) is 0 Å². The number of nitrogens with zero attached hydrogens (tertiary/aromatic N) is 2. The van der Waals surface area contributed by atoms with Crippen molar-refractivity contribution in [2.75, 3.05) is 31.1 Å². The second-order valence-corrected chi connectivity index (χ2v) is 5.71. The first-order valence-corrected chi connectivity index (χ1v) is 7.55. The van der Waals surface area contributed by atoms with Crippen molar-refractivity contribution in [3.63, 3.8) is 0 Å². The predicted molar refractivity (Wildman–Crippen MR) is 85.7 cm³/mol. The average molecular weight is 269 g/mol. The lowest BCUT2D eigenvalue weighted by atomic mass is 10.0. The Bertz CT molecular complexity index is 628. The van der Waals surface area contributed by atoms with Gasteiger partial charge in [-0.3, -0.25) is 0 Å². The molecule has 0 amide bonds. The number of aromatic nitrogens is 1. The van der Waals surface area contributed by atoms with Crippen molar-refractivity contribution in [1.82, 2.24) is 10.3 Å². The maximum absolute atomic E-state index is 4.99. The molecule has 3 rings (SSSR count). The van der Waals surface area contributed by atoms with E-state index in [2.05, 4.69) is 49.2 Å². The van der Waals surface area contributed by atoms with E-state index in [4.69, 9.17) is 4.98 Å². The van der Waals surface area contributed by atoms with Gasteiger partial charge in [0.25, 0.3) is 0 Å². The summed E-state index contributed by atoms with van der Waals surface area (Å²) in [4.78, 5) is 7.41. The van der Waals surface area contributed by atoms with Crippen LogP contribution in [-0.4, -0.2) is 31.2 Å². The van der Waals surface area contributed by atoms with E-state index < -0.39 is 0 Å². The Morgan fingerprint density at radius 3 is 2.60 bits per heavy atom. The van der Waals surface area contributed by atoms with Gasteiger partial charge in [0.1, 0.15) is 5.82 Å². The molecule has 0 spiro atoms. The molecule has 0 bridgehead atoms. The zero-order valence-electron chi connectivity index (χ0n) is 12.7. The summed E-state index contributed by atoms with van der Waals surface area (Å²) in [5.41, 5.74) is 5.12. The molecule has 1 saturated heterocycles. The molecule has 1 fully saturated rings. The average Bonchev–Trinajstić information content (AvgIpc) is 2.47. The number of anilines is 1. The van der Waals surface area contributed by atoms with Gasteiger partial charge in [-0.15, -0.1) is 0 Å². The third kappa shape index (κ3) is 2.38. The van der Waals surface area contributed by atoms with Crippen molar-refractivity contribution in [3.05, 3.63) is 34.9 Å². The summed E-state index contributed by atoms with van der Waals surface area (Å²) < 4.78 is 0. The first-order chi connectivity index (χ1) is 9.69. The number of benzene rings is 1. The van der Waals surface area contributed by atoms with Gasteiger partial charge >= 0.3 is 0 Å². The number of hydrogen-bond acceptors (Lipinski definition) is 3. The SMILES string of the molecule is CCc1cc2c(C)cc(C)cc2nc1N1CCNCC1. The van der Waals surface area contributed by atoms with Gasteiger partial charge in [0.2, 0.25) is 0 Å². The topological polar surface area (TPSA) is 28.2 Å². The van der Waals surface area contributed by atoms with E-state index in [-0.39, 0.29) is 0 Å². The summed E-state index contributed by atoms with van der Waals surface area (Å²) in [5.74, 6) is 1.19. The number of rotatable bonds is 2. The van der Waals surface area contributed by atoms with E-state index in [1.54, 1.807) is 0 Å². The summed E-state index contributed by atoms with van der Waals surface area (Å²) in [6.07, 6.45) is 1.04. The molecule has 1 aliphatic heterocycles. The van der Waals surface area contributed by atoms with Crippen LogP contribution in [0.25, 0.3) is 10.9 Å². The Labute approximate surface area is 121 Å². The monoisotopic (exact) mass is 269 g/mol. The van der Waals surface area contributed by atoms with Gasteiger partial charge < -0.3 is 10.2 Å². The lowest BCUT2D eigenvalue weighted by Gasteiger charge is -2.30. The molecule has 0 unspecified atom stereocenters. The Hall–Kier alpha value is -1.61. The van der Waals surface area contributed by atoms with Crippen LogP contribution in [0.1, 0.15) is 23.6 Å². The van der Waals surface area contributed by atoms with Crippen LogP contribution < -0.4 is 10.2 Å². The molecule has 0 atom stereocenters. The van der Waals surface area contributed by atoms with Gasteiger partial charge in [-0.05, 0) is 49.1 Å². The third-order valence-electron chi connectivity index (χ3n) is 4.14. The third-order valence-corrected chi connectivity index (χ3v) is 4.14. The summed E-state index contributed by atoms with van der Waals surface area (Å²) in [6.45, 7) is 10.8. The second-order valence-electron chi connectivity index (χ2n) is 5.71. The quantitative estimate of drug-likeness (QED) is 0.908. The minimum absolute atomic E-state index is 1.04. The van der Waals surface area contributed by atoms with Gasteiger partial charge in [-0.25, -0.2) is 4.98 Å². The number of fused-ring (bicyclic) bond motifs is 1. The molecule has 1 aromatic carbocycles. The Kier molecular flexibility index (Phi) is 3.62. The van der Waals surface area contributed by atoms with Gasteiger partial charge in [-0.1, -0.05) is 13.0 Å². The standard InChI is InChI=1S/C17H23N3/c1-4-14-11-15-13(3)9-12(2)10-16(15)19-17(14)20-7-5-18-6-8-20/h9-11,18H,4-8H2,1-3H3. The first kappa shape index (κ1) is 13.4. The molecule has 1 N–H and O–H groups in total. The van der Waals surface area contributed by atoms with Crippen LogP contribution in [0.15, 0.2) is 18.2 Å². The van der Waals surface area contributed by atoms with E-state index >= 15 is 0 Å². The molecular weight excluding hydrogens is 246 g/mol. The van der Waals surface area contributed by atoms with Crippen LogP contribution in [0.3, 0.4) is 0 Å². The van der Waals surface area contributed by atoms with Gasteiger partial charge in [-0.2, -0.15) is 0 Å². The largest absolute Gasteiger partial charge is 0.354 e. The molecule has 3 nitrogen and oxygen atoms in total. The highest BCUT2D eigenvalue weighted by atomic mass is 15.2. The maximum atomic E-state index is 4.99. The fourth-order valence-electron chi connectivity index (χ4n) is 3.07. The van der Waals surface area contributed by atoms with Crippen molar-refractivity contribution in [2.45, 2.75) is 27.2 Å². The van der Waals surface area contributed by atoms with Gasteiger partial charge in [0.05, 0.1) is 5.52 Å². The molecule has 106 valence electrons. The van der Waals surface area contributed by atoms with Crippen molar-refractivity contribution in [3.8, 4) is 0 Å². The van der Waals surface area contributed by atoms with E-state index in [9.17, 15) is 0 Å². The van der Waals surface area contributed by atoms with Crippen molar-refractivity contribution < 1.29 is 0 Å². The van der Waals surface area contributed by atoms with Crippen LogP contribution in [0.4, 0.5) is 5.82 Å².